The van der Waals surface area contributed by atoms with Gasteiger partial charge in [0, 0.05) is 23.6 Å². The minimum atomic E-state index is -0.394. The maximum absolute atomic E-state index is 13.9. The Kier molecular flexibility index (Phi) is 5.82. The fraction of sp³-hybridized carbons (Fsp3) is 0.261. The van der Waals surface area contributed by atoms with E-state index in [2.05, 4.69) is 30.1 Å². The lowest BCUT2D eigenvalue weighted by atomic mass is 9.95. The van der Waals surface area contributed by atoms with Crippen LogP contribution in [0.3, 0.4) is 0 Å². The summed E-state index contributed by atoms with van der Waals surface area (Å²) in [5.41, 5.74) is 3.82. The summed E-state index contributed by atoms with van der Waals surface area (Å²) < 4.78 is 20.7. The highest BCUT2D eigenvalue weighted by molar-refractivity contribution is 7.98. The highest BCUT2D eigenvalue weighted by Gasteiger charge is 2.15. The van der Waals surface area contributed by atoms with E-state index in [4.69, 9.17) is 10.3 Å². The van der Waals surface area contributed by atoms with Gasteiger partial charge in [0.25, 0.3) is 0 Å². The van der Waals surface area contributed by atoms with Crippen LogP contribution in [0.2, 0.25) is 0 Å². The predicted molar refractivity (Wildman–Crippen MR) is 120 cm³/mol. The molecule has 0 amide bonds. The molecule has 8 heteroatoms. The predicted octanol–water partition coefficient (Wildman–Crippen LogP) is 4.55. The highest BCUT2D eigenvalue weighted by atomic mass is 32.2. The summed E-state index contributed by atoms with van der Waals surface area (Å²) in [5.74, 6) is 7.14. The molecule has 2 aromatic carbocycles. The normalized spacial score (nSPS) is 11.5. The van der Waals surface area contributed by atoms with E-state index in [1.54, 1.807) is 18.2 Å². The molecule has 0 aliphatic rings. The molecule has 0 radical (unpaired) electrons. The number of aromatic nitrogens is 3. The molecule has 4 rings (SSSR count). The Morgan fingerprint density at radius 3 is 2.68 bits per heavy atom. The summed E-state index contributed by atoms with van der Waals surface area (Å²) in [7, 11) is 0. The monoisotopic (exact) mass is 438 g/mol. The summed E-state index contributed by atoms with van der Waals surface area (Å²) in [4.78, 5) is 12.1. The highest BCUT2D eigenvalue weighted by Crippen LogP contribution is 2.30. The minimum absolute atomic E-state index is 0.242. The third-order valence-corrected chi connectivity index (χ3v) is 6.23. The molecule has 0 fully saturated rings. The Morgan fingerprint density at radius 2 is 1.94 bits per heavy atom. The SMILES string of the molecule is Cc1cc2oc(=O)cc(CSc3nnc(Cc4ccccc4F)n3N)c2cc1C(C)C. The number of benzene rings is 2. The van der Waals surface area contributed by atoms with Gasteiger partial charge in [-0.15, -0.1) is 10.2 Å². The Morgan fingerprint density at radius 1 is 1.16 bits per heavy atom. The summed E-state index contributed by atoms with van der Waals surface area (Å²) in [6.45, 7) is 6.29. The van der Waals surface area contributed by atoms with Crippen LogP contribution in [0.4, 0.5) is 4.39 Å². The van der Waals surface area contributed by atoms with Crippen LogP contribution in [-0.4, -0.2) is 14.9 Å². The maximum Gasteiger partial charge on any atom is 0.336 e. The Labute approximate surface area is 183 Å². The van der Waals surface area contributed by atoms with Crippen molar-refractivity contribution in [3.8, 4) is 0 Å². The fourth-order valence-corrected chi connectivity index (χ4v) is 4.48. The van der Waals surface area contributed by atoms with Gasteiger partial charge in [0.05, 0.1) is 0 Å². The quantitative estimate of drug-likeness (QED) is 0.270. The van der Waals surface area contributed by atoms with E-state index in [9.17, 15) is 9.18 Å². The van der Waals surface area contributed by atoms with Crippen LogP contribution >= 0.6 is 11.8 Å². The van der Waals surface area contributed by atoms with E-state index in [1.165, 1.54) is 34.1 Å². The number of halogens is 1. The standard InChI is InChI=1S/C23H23FN4O2S/c1-13(2)17-11-18-16(10-22(29)30-20(18)8-14(17)3)12-31-23-27-26-21(28(23)25)9-15-6-4-5-7-19(15)24/h4-8,10-11,13H,9,12,25H2,1-3H3. The molecule has 31 heavy (non-hydrogen) atoms. The molecule has 4 aromatic rings. The number of rotatable bonds is 6. The van der Waals surface area contributed by atoms with Crippen molar-refractivity contribution in [1.82, 2.24) is 14.9 Å². The van der Waals surface area contributed by atoms with Gasteiger partial charge >= 0.3 is 5.63 Å². The smallest absolute Gasteiger partial charge is 0.336 e. The van der Waals surface area contributed by atoms with Gasteiger partial charge in [-0.05, 0) is 53.3 Å². The molecule has 0 spiro atoms. The summed E-state index contributed by atoms with van der Waals surface area (Å²) >= 11 is 1.37. The molecule has 6 nitrogen and oxygen atoms in total. The minimum Gasteiger partial charge on any atom is -0.423 e. The van der Waals surface area contributed by atoms with Crippen LogP contribution in [0.1, 0.15) is 47.8 Å². The molecule has 160 valence electrons. The van der Waals surface area contributed by atoms with E-state index in [1.807, 2.05) is 13.0 Å². The van der Waals surface area contributed by atoms with E-state index in [0.29, 0.717) is 33.8 Å². The van der Waals surface area contributed by atoms with Crippen molar-refractivity contribution < 1.29 is 8.81 Å². The van der Waals surface area contributed by atoms with Crippen molar-refractivity contribution in [2.45, 2.75) is 44.0 Å². The molecule has 2 heterocycles. The molecule has 0 bridgehead atoms. The van der Waals surface area contributed by atoms with Crippen molar-refractivity contribution in [3.05, 3.63) is 86.8 Å². The first-order valence-electron chi connectivity index (χ1n) is 9.96. The Hall–Kier alpha value is -3.13. The van der Waals surface area contributed by atoms with Gasteiger partial charge in [-0.1, -0.05) is 43.8 Å². The number of aryl methyl sites for hydroxylation is 1. The lowest BCUT2D eigenvalue weighted by Crippen LogP contribution is -2.14. The number of hydrogen-bond donors (Lipinski definition) is 1. The maximum atomic E-state index is 13.9. The van der Waals surface area contributed by atoms with Crippen LogP contribution in [0.25, 0.3) is 11.0 Å². The second-order valence-corrected chi connectivity index (χ2v) is 8.72. The average molecular weight is 439 g/mol. The van der Waals surface area contributed by atoms with Gasteiger partial charge in [0.1, 0.15) is 11.4 Å². The van der Waals surface area contributed by atoms with Crippen LogP contribution in [0, 0.1) is 12.7 Å². The van der Waals surface area contributed by atoms with Crippen molar-refractivity contribution in [3.63, 3.8) is 0 Å². The molecular formula is C23H23FN4O2S. The van der Waals surface area contributed by atoms with Crippen molar-refractivity contribution in [2.75, 3.05) is 5.84 Å². The third-order valence-electron chi connectivity index (χ3n) is 5.24. The molecule has 0 aliphatic carbocycles. The average Bonchev–Trinajstić information content (AvgIpc) is 3.06. The van der Waals surface area contributed by atoms with Crippen molar-refractivity contribution in [1.29, 1.82) is 0 Å². The number of thioether (sulfide) groups is 1. The Balaban J connectivity index is 1.61. The second-order valence-electron chi connectivity index (χ2n) is 7.78. The molecule has 2 aromatic heterocycles. The zero-order chi connectivity index (χ0) is 22.1. The van der Waals surface area contributed by atoms with Gasteiger partial charge < -0.3 is 10.3 Å². The summed E-state index contributed by atoms with van der Waals surface area (Å²) in [6.07, 6.45) is 0.242. The summed E-state index contributed by atoms with van der Waals surface area (Å²) in [5, 5.41) is 9.65. The Bertz CT molecular complexity index is 1310. The van der Waals surface area contributed by atoms with Crippen LogP contribution in [0.15, 0.2) is 56.8 Å². The first kappa shape index (κ1) is 21.1. The molecule has 0 unspecified atom stereocenters. The van der Waals surface area contributed by atoms with E-state index < -0.39 is 5.63 Å². The van der Waals surface area contributed by atoms with Gasteiger partial charge in [0.15, 0.2) is 5.82 Å². The van der Waals surface area contributed by atoms with Crippen molar-refractivity contribution in [2.24, 2.45) is 0 Å². The molecular weight excluding hydrogens is 415 g/mol. The molecule has 0 atom stereocenters. The molecule has 0 saturated heterocycles. The van der Waals surface area contributed by atoms with Gasteiger partial charge in [-0.2, -0.15) is 0 Å². The third kappa shape index (κ3) is 4.34. The van der Waals surface area contributed by atoms with E-state index >= 15 is 0 Å². The van der Waals surface area contributed by atoms with Crippen LogP contribution in [0.5, 0.6) is 0 Å². The van der Waals surface area contributed by atoms with E-state index in [-0.39, 0.29) is 12.2 Å². The van der Waals surface area contributed by atoms with Crippen molar-refractivity contribution >= 4 is 22.7 Å². The molecule has 0 aliphatic heterocycles. The van der Waals surface area contributed by atoms with Crippen LogP contribution in [-0.2, 0) is 12.2 Å². The lowest BCUT2D eigenvalue weighted by Gasteiger charge is -2.13. The lowest BCUT2D eigenvalue weighted by molar-refractivity contribution is 0.559. The van der Waals surface area contributed by atoms with E-state index in [0.717, 1.165) is 16.5 Å². The number of fused-ring (bicyclic) bond motifs is 1. The van der Waals surface area contributed by atoms with Crippen LogP contribution < -0.4 is 11.5 Å². The zero-order valence-electron chi connectivity index (χ0n) is 17.6. The first-order chi connectivity index (χ1) is 14.8. The van der Waals surface area contributed by atoms with Gasteiger partial charge in [-0.3, -0.25) is 0 Å². The summed E-state index contributed by atoms with van der Waals surface area (Å²) in [6, 6.07) is 12.0. The number of hydrogen-bond acceptors (Lipinski definition) is 6. The number of nitrogens with two attached hydrogens (primary N) is 1. The molecule has 2 N–H and O–H groups in total. The fourth-order valence-electron chi connectivity index (χ4n) is 3.61. The largest absolute Gasteiger partial charge is 0.423 e. The topological polar surface area (TPSA) is 86.9 Å². The second kappa shape index (κ2) is 8.55. The first-order valence-corrected chi connectivity index (χ1v) is 10.9. The van der Waals surface area contributed by atoms with Gasteiger partial charge in [-0.25, -0.2) is 13.9 Å². The zero-order valence-corrected chi connectivity index (χ0v) is 18.4. The number of nitrogens with zero attached hydrogens (tertiary/aromatic N) is 3. The van der Waals surface area contributed by atoms with Gasteiger partial charge in [0.2, 0.25) is 5.16 Å². The number of nitrogen functional groups attached to an aromatic ring is 1. The molecule has 0 saturated carbocycles.